The maximum absolute atomic E-state index is 12.8. The van der Waals surface area contributed by atoms with Crippen LogP contribution in [0.3, 0.4) is 0 Å². The van der Waals surface area contributed by atoms with E-state index in [4.69, 9.17) is 0 Å². The van der Waals surface area contributed by atoms with E-state index in [9.17, 15) is 12.8 Å². The summed E-state index contributed by atoms with van der Waals surface area (Å²) < 4.78 is 39.6. The highest BCUT2D eigenvalue weighted by molar-refractivity contribution is 7.89. The molecule has 100 valence electrons. The Bertz CT molecular complexity index is 494. The average molecular weight is 271 g/mol. The van der Waals surface area contributed by atoms with E-state index in [1.807, 2.05) is 6.92 Å². The monoisotopic (exact) mass is 271 g/mol. The van der Waals surface area contributed by atoms with Gasteiger partial charge in [0, 0.05) is 6.04 Å². The van der Waals surface area contributed by atoms with Crippen molar-refractivity contribution in [3.8, 4) is 0 Å². The topological polar surface area (TPSA) is 46.2 Å². The molecule has 5 heteroatoms. The zero-order valence-corrected chi connectivity index (χ0v) is 11.2. The third-order valence-corrected chi connectivity index (χ3v) is 4.79. The minimum atomic E-state index is -3.52. The second-order valence-electron chi connectivity index (χ2n) is 4.86. The predicted octanol–water partition coefficient (Wildman–Crippen LogP) is 2.68. The van der Waals surface area contributed by atoms with Crippen LogP contribution in [0, 0.1) is 11.7 Å². The Labute approximate surface area is 107 Å². The van der Waals surface area contributed by atoms with Crippen LogP contribution < -0.4 is 4.72 Å². The summed E-state index contributed by atoms with van der Waals surface area (Å²) in [5, 5.41) is 0. The minimum Gasteiger partial charge on any atom is -0.208 e. The van der Waals surface area contributed by atoms with Gasteiger partial charge in [0.15, 0.2) is 0 Å². The number of hydrogen-bond acceptors (Lipinski definition) is 2. The fraction of sp³-hybridized carbons (Fsp3) is 0.538. The highest BCUT2D eigenvalue weighted by Crippen LogP contribution is 2.34. The molecule has 0 spiro atoms. The van der Waals surface area contributed by atoms with E-state index in [2.05, 4.69) is 4.72 Å². The average Bonchev–Trinajstić information content (AvgIpc) is 3.12. The molecule has 1 N–H and O–H groups in total. The largest absolute Gasteiger partial charge is 0.240 e. The van der Waals surface area contributed by atoms with Crippen molar-refractivity contribution in [2.24, 2.45) is 5.92 Å². The van der Waals surface area contributed by atoms with Crippen LogP contribution in [0.2, 0.25) is 0 Å². The molecule has 18 heavy (non-hydrogen) atoms. The highest BCUT2D eigenvalue weighted by Gasteiger charge is 2.27. The van der Waals surface area contributed by atoms with E-state index in [1.54, 1.807) is 0 Å². The molecule has 0 amide bonds. The van der Waals surface area contributed by atoms with E-state index < -0.39 is 15.8 Å². The first kappa shape index (κ1) is 13.5. The van der Waals surface area contributed by atoms with Gasteiger partial charge in [-0.05, 0) is 43.0 Å². The molecule has 1 saturated carbocycles. The standard InChI is InChI=1S/C13H18FNO2S/c1-2-12(9-10-3-4-10)15-18(16,17)13-7-5-11(14)6-8-13/h5-8,10,12,15H,2-4,9H2,1H3. The lowest BCUT2D eigenvalue weighted by Crippen LogP contribution is -2.34. The number of hydrogen-bond donors (Lipinski definition) is 1. The normalized spacial score (nSPS) is 17.7. The van der Waals surface area contributed by atoms with Crippen molar-refractivity contribution in [1.82, 2.24) is 4.72 Å². The number of rotatable bonds is 6. The molecule has 3 nitrogen and oxygen atoms in total. The van der Waals surface area contributed by atoms with Gasteiger partial charge in [0.2, 0.25) is 10.0 Å². The molecule has 1 aliphatic carbocycles. The van der Waals surface area contributed by atoms with E-state index >= 15 is 0 Å². The molecule has 1 aromatic rings. The smallest absolute Gasteiger partial charge is 0.208 e. The number of benzene rings is 1. The van der Waals surface area contributed by atoms with Gasteiger partial charge >= 0.3 is 0 Å². The molecule has 1 aromatic carbocycles. The summed E-state index contributed by atoms with van der Waals surface area (Å²) >= 11 is 0. The van der Waals surface area contributed by atoms with Crippen LogP contribution in [0.1, 0.15) is 32.6 Å². The van der Waals surface area contributed by atoms with Gasteiger partial charge in [-0.3, -0.25) is 0 Å². The van der Waals surface area contributed by atoms with Gasteiger partial charge in [0.1, 0.15) is 5.82 Å². The van der Waals surface area contributed by atoms with Crippen molar-refractivity contribution in [2.45, 2.75) is 43.5 Å². The van der Waals surface area contributed by atoms with Crippen molar-refractivity contribution < 1.29 is 12.8 Å². The molecule has 0 heterocycles. The van der Waals surface area contributed by atoms with Crippen LogP contribution in [0.25, 0.3) is 0 Å². The van der Waals surface area contributed by atoms with Gasteiger partial charge in [-0.2, -0.15) is 0 Å². The second kappa shape index (κ2) is 5.36. The van der Waals surface area contributed by atoms with E-state index in [-0.39, 0.29) is 10.9 Å². The summed E-state index contributed by atoms with van der Waals surface area (Å²) in [5.74, 6) is 0.241. The quantitative estimate of drug-likeness (QED) is 0.864. The Kier molecular flexibility index (Phi) is 4.02. The van der Waals surface area contributed by atoms with Crippen molar-refractivity contribution in [1.29, 1.82) is 0 Å². The third kappa shape index (κ3) is 3.53. The Morgan fingerprint density at radius 3 is 2.44 bits per heavy atom. The van der Waals surface area contributed by atoms with E-state index in [0.717, 1.165) is 25.0 Å². The maximum atomic E-state index is 12.8. The summed E-state index contributed by atoms with van der Waals surface area (Å²) in [4.78, 5) is 0.123. The van der Waals surface area contributed by atoms with Crippen LogP contribution in [-0.4, -0.2) is 14.5 Å². The van der Waals surface area contributed by atoms with Gasteiger partial charge in [-0.1, -0.05) is 19.8 Å². The zero-order chi connectivity index (χ0) is 13.2. The van der Waals surface area contributed by atoms with Gasteiger partial charge in [-0.15, -0.1) is 0 Å². The summed E-state index contributed by atoms with van der Waals surface area (Å²) in [7, 11) is -3.52. The fourth-order valence-electron chi connectivity index (χ4n) is 1.96. The van der Waals surface area contributed by atoms with Crippen LogP contribution in [0.15, 0.2) is 29.2 Å². The summed E-state index contributed by atoms with van der Waals surface area (Å²) in [6.07, 6.45) is 4.08. The molecule has 0 radical (unpaired) electrons. The lowest BCUT2D eigenvalue weighted by atomic mass is 10.1. The zero-order valence-electron chi connectivity index (χ0n) is 10.4. The Morgan fingerprint density at radius 1 is 1.33 bits per heavy atom. The van der Waals surface area contributed by atoms with Crippen molar-refractivity contribution in [3.63, 3.8) is 0 Å². The molecule has 1 atom stereocenters. The Hall–Kier alpha value is -0.940. The van der Waals surface area contributed by atoms with Crippen LogP contribution in [0.5, 0.6) is 0 Å². The molecule has 1 aliphatic rings. The van der Waals surface area contributed by atoms with Crippen molar-refractivity contribution in [3.05, 3.63) is 30.1 Å². The van der Waals surface area contributed by atoms with E-state index in [1.165, 1.54) is 25.0 Å². The van der Waals surface area contributed by atoms with Crippen LogP contribution in [-0.2, 0) is 10.0 Å². The minimum absolute atomic E-state index is 0.0208. The van der Waals surface area contributed by atoms with Crippen LogP contribution in [0.4, 0.5) is 4.39 Å². The third-order valence-electron chi connectivity index (χ3n) is 3.25. The van der Waals surface area contributed by atoms with Gasteiger partial charge < -0.3 is 0 Å². The lowest BCUT2D eigenvalue weighted by molar-refractivity contribution is 0.495. The summed E-state index contributed by atoms with van der Waals surface area (Å²) in [5.41, 5.74) is 0. The van der Waals surface area contributed by atoms with E-state index in [0.29, 0.717) is 5.92 Å². The van der Waals surface area contributed by atoms with Gasteiger partial charge in [-0.25, -0.2) is 17.5 Å². The first-order chi connectivity index (χ1) is 8.51. The Morgan fingerprint density at radius 2 is 1.94 bits per heavy atom. The van der Waals surface area contributed by atoms with Crippen LogP contribution >= 0.6 is 0 Å². The van der Waals surface area contributed by atoms with Crippen molar-refractivity contribution in [2.75, 3.05) is 0 Å². The number of sulfonamides is 1. The lowest BCUT2D eigenvalue weighted by Gasteiger charge is -2.16. The molecule has 0 aliphatic heterocycles. The predicted molar refractivity (Wildman–Crippen MR) is 68.1 cm³/mol. The molecule has 1 unspecified atom stereocenters. The SMILES string of the molecule is CCC(CC1CC1)NS(=O)(=O)c1ccc(F)cc1. The van der Waals surface area contributed by atoms with Gasteiger partial charge in [0.05, 0.1) is 4.90 Å². The van der Waals surface area contributed by atoms with Gasteiger partial charge in [0.25, 0.3) is 0 Å². The molecule has 0 aromatic heterocycles. The first-order valence-corrected chi connectivity index (χ1v) is 7.77. The fourth-order valence-corrected chi connectivity index (χ4v) is 3.29. The molecule has 0 bridgehead atoms. The maximum Gasteiger partial charge on any atom is 0.240 e. The first-order valence-electron chi connectivity index (χ1n) is 6.29. The summed E-state index contributed by atoms with van der Waals surface area (Å²) in [6, 6.07) is 4.89. The summed E-state index contributed by atoms with van der Waals surface area (Å²) in [6.45, 7) is 1.97. The highest BCUT2D eigenvalue weighted by atomic mass is 32.2. The molecular formula is C13H18FNO2S. The molecular weight excluding hydrogens is 253 g/mol. The Balaban J connectivity index is 2.07. The second-order valence-corrected chi connectivity index (χ2v) is 6.57. The number of halogens is 1. The molecule has 1 fully saturated rings. The molecule has 2 rings (SSSR count). The molecule has 0 saturated heterocycles. The number of nitrogens with one attached hydrogen (secondary N) is 1. The van der Waals surface area contributed by atoms with Crippen molar-refractivity contribution >= 4 is 10.0 Å².